The standard InChI is InChI=1S/C12H16N2O/c1-9-5-4-6-10(12(13)15)11(9)14-7-2-3-8-14/h4-6H,2-3,7-8H2,1H3,(H2,13,15). The second-order valence-corrected chi connectivity index (χ2v) is 4.03. The summed E-state index contributed by atoms with van der Waals surface area (Å²) in [4.78, 5) is 13.6. The van der Waals surface area contributed by atoms with E-state index in [1.54, 1.807) is 0 Å². The van der Waals surface area contributed by atoms with Crippen LogP contribution in [0.5, 0.6) is 0 Å². The van der Waals surface area contributed by atoms with Crippen molar-refractivity contribution >= 4 is 11.6 Å². The second-order valence-electron chi connectivity index (χ2n) is 4.03. The molecule has 80 valence electrons. The predicted octanol–water partition coefficient (Wildman–Crippen LogP) is 1.69. The van der Waals surface area contributed by atoms with E-state index in [1.165, 1.54) is 12.8 Å². The van der Waals surface area contributed by atoms with Crippen LogP contribution in [0.25, 0.3) is 0 Å². The van der Waals surface area contributed by atoms with Crippen molar-refractivity contribution < 1.29 is 4.79 Å². The van der Waals surface area contributed by atoms with E-state index in [9.17, 15) is 4.79 Å². The molecule has 15 heavy (non-hydrogen) atoms. The highest BCUT2D eigenvalue weighted by Crippen LogP contribution is 2.27. The topological polar surface area (TPSA) is 46.3 Å². The van der Waals surface area contributed by atoms with E-state index >= 15 is 0 Å². The van der Waals surface area contributed by atoms with Crippen LogP contribution in [-0.4, -0.2) is 19.0 Å². The molecular formula is C12H16N2O. The minimum Gasteiger partial charge on any atom is -0.371 e. The summed E-state index contributed by atoms with van der Waals surface area (Å²) in [5.74, 6) is -0.333. The van der Waals surface area contributed by atoms with Gasteiger partial charge in [-0.15, -0.1) is 0 Å². The van der Waals surface area contributed by atoms with E-state index in [-0.39, 0.29) is 5.91 Å². The van der Waals surface area contributed by atoms with Gasteiger partial charge < -0.3 is 10.6 Å². The van der Waals surface area contributed by atoms with Crippen LogP contribution < -0.4 is 10.6 Å². The summed E-state index contributed by atoms with van der Waals surface area (Å²) in [7, 11) is 0. The Balaban J connectivity index is 2.46. The fourth-order valence-electron chi connectivity index (χ4n) is 2.22. The fourth-order valence-corrected chi connectivity index (χ4v) is 2.22. The molecule has 0 bridgehead atoms. The zero-order chi connectivity index (χ0) is 10.8. The van der Waals surface area contributed by atoms with Crippen molar-refractivity contribution in [1.29, 1.82) is 0 Å². The largest absolute Gasteiger partial charge is 0.371 e. The summed E-state index contributed by atoms with van der Waals surface area (Å²) >= 11 is 0. The summed E-state index contributed by atoms with van der Waals surface area (Å²) in [6.45, 7) is 4.09. The number of primary amides is 1. The van der Waals surface area contributed by atoms with Crippen LogP contribution in [0, 0.1) is 6.92 Å². The molecule has 3 nitrogen and oxygen atoms in total. The molecule has 0 saturated carbocycles. The van der Waals surface area contributed by atoms with Crippen molar-refractivity contribution in [3.63, 3.8) is 0 Å². The first-order valence-electron chi connectivity index (χ1n) is 5.34. The number of hydrogen-bond acceptors (Lipinski definition) is 2. The number of para-hydroxylation sites is 1. The molecule has 1 aliphatic heterocycles. The number of amides is 1. The number of rotatable bonds is 2. The van der Waals surface area contributed by atoms with Gasteiger partial charge in [-0.1, -0.05) is 12.1 Å². The molecule has 1 aliphatic rings. The highest BCUT2D eigenvalue weighted by atomic mass is 16.1. The Bertz CT molecular complexity index is 381. The van der Waals surface area contributed by atoms with Crippen LogP contribution in [0.15, 0.2) is 18.2 Å². The van der Waals surface area contributed by atoms with Gasteiger partial charge in [0.1, 0.15) is 0 Å². The quantitative estimate of drug-likeness (QED) is 0.797. The number of anilines is 1. The highest BCUT2D eigenvalue weighted by molar-refractivity contribution is 5.99. The number of benzene rings is 1. The minimum atomic E-state index is -0.333. The molecule has 2 rings (SSSR count). The molecule has 1 aromatic carbocycles. The predicted molar refractivity (Wildman–Crippen MR) is 61.1 cm³/mol. The van der Waals surface area contributed by atoms with Crippen molar-refractivity contribution in [3.8, 4) is 0 Å². The third kappa shape index (κ3) is 1.82. The summed E-state index contributed by atoms with van der Waals surface area (Å²) in [5.41, 5.74) is 8.20. The molecule has 2 N–H and O–H groups in total. The second kappa shape index (κ2) is 3.93. The van der Waals surface area contributed by atoms with Crippen LogP contribution >= 0.6 is 0 Å². The van der Waals surface area contributed by atoms with Crippen molar-refractivity contribution in [2.75, 3.05) is 18.0 Å². The Morgan fingerprint density at radius 2 is 2.00 bits per heavy atom. The van der Waals surface area contributed by atoms with Crippen LogP contribution in [0.4, 0.5) is 5.69 Å². The Kier molecular flexibility index (Phi) is 2.62. The number of nitrogens with zero attached hydrogens (tertiary/aromatic N) is 1. The Morgan fingerprint density at radius 1 is 1.33 bits per heavy atom. The summed E-state index contributed by atoms with van der Waals surface area (Å²) in [5, 5.41) is 0. The van der Waals surface area contributed by atoms with Gasteiger partial charge in [0.15, 0.2) is 0 Å². The number of carbonyl (C=O) groups excluding carboxylic acids is 1. The maximum Gasteiger partial charge on any atom is 0.250 e. The molecule has 1 heterocycles. The molecule has 0 aliphatic carbocycles. The zero-order valence-corrected chi connectivity index (χ0v) is 8.99. The molecule has 0 spiro atoms. The summed E-state index contributed by atoms with van der Waals surface area (Å²) < 4.78 is 0. The third-order valence-electron chi connectivity index (χ3n) is 2.93. The smallest absolute Gasteiger partial charge is 0.250 e. The number of carbonyl (C=O) groups is 1. The molecule has 0 unspecified atom stereocenters. The monoisotopic (exact) mass is 204 g/mol. The average molecular weight is 204 g/mol. The first-order valence-corrected chi connectivity index (χ1v) is 5.34. The maximum absolute atomic E-state index is 11.3. The molecule has 0 radical (unpaired) electrons. The number of aryl methyl sites for hydroxylation is 1. The van der Waals surface area contributed by atoms with Crippen LogP contribution in [0.1, 0.15) is 28.8 Å². The Hall–Kier alpha value is -1.51. The fraction of sp³-hybridized carbons (Fsp3) is 0.417. The minimum absolute atomic E-state index is 0.333. The van der Waals surface area contributed by atoms with Gasteiger partial charge in [0.05, 0.1) is 11.3 Å². The van der Waals surface area contributed by atoms with Gasteiger partial charge in [0.2, 0.25) is 0 Å². The van der Waals surface area contributed by atoms with Crippen LogP contribution in [0.3, 0.4) is 0 Å². The van der Waals surface area contributed by atoms with Gasteiger partial charge in [-0.2, -0.15) is 0 Å². The van der Waals surface area contributed by atoms with E-state index in [0.29, 0.717) is 5.56 Å². The number of nitrogens with two attached hydrogens (primary N) is 1. The van der Waals surface area contributed by atoms with Crippen molar-refractivity contribution in [3.05, 3.63) is 29.3 Å². The average Bonchev–Trinajstić information content (AvgIpc) is 2.70. The van der Waals surface area contributed by atoms with E-state index in [2.05, 4.69) is 4.90 Å². The molecule has 1 fully saturated rings. The third-order valence-corrected chi connectivity index (χ3v) is 2.93. The summed E-state index contributed by atoms with van der Waals surface area (Å²) in [6, 6.07) is 5.72. The van der Waals surface area contributed by atoms with Gasteiger partial charge in [-0.3, -0.25) is 4.79 Å². The van der Waals surface area contributed by atoms with Crippen molar-refractivity contribution in [2.45, 2.75) is 19.8 Å². The first-order chi connectivity index (χ1) is 7.20. The highest BCUT2D eigenvalue weighted by Gasteiger charge is 2.19. The van der Waals surface area contributed by atoms with Gasteiger partial charge in [-0.05, 0) is 31.4 Å². The first kappa shape index (κ1) is 10.0. The van der Waals surface area contributed by atoms with Gasteiger partial charge in [-0.25, -0.2) is 0 Å². The Labute approximate surface area is 89.9 Å². The van der Waals surface area contributed by atoms with E-state index in [1.807, 2.05) is 25.1 Å². The zero-order valence-electron chi connectivity index (χ0n) is 8.99. The van der Waals surface area contributed by atoms with Gasteiger partial charge >= 0.3 is 0 Å². The number of hydrogen-bond donors (Lipinski definition) is 1. The molecule has 1 amide bonds. The van der Waals surface area contributed by atoms with Gasteiger partial charge in [0.25, 0.3) is 5.91 Å². The van der Waals surface area contributed by atoms with Crippen molar-refractivity contribution in [2.24, 2.45) is 5.73 Å². The molecular weight excluding hydrogens is 188 g/mol. The maximum atomic E-state index is 11.3. The molecule has 0 aromatic heterocycles. The SMILES string of the molecule is Cc1cccc(C(N)=O)c1N1CCCC1. The lowest BCUT2D eigenvalue weighted by atomic mass is 10.1. The van der Waals surface area contributed by atoms with Gasteiger partial charge in [0, 0.05) is 13.1 Å². The summed E-state index contributed by atoms with van der Waals surface area (Å²) in [6.07, 6.45) is 2.40. The molecule has 1 saturated heterocycles. The van der Waals surface area contributed by atoms with Crippen LogP contribution in [0.2, 0.25) is 0 Å². The van der Waals surface area contributed by atoms with E-state index < -0.39 is 0 Å². The van der Waals surface area contributed by atoms with E-state index in [4.69, 9.17) is 5.73 Å². The Morgan fingerprint density at radius 3 is 2.60 bits per heavy atom. The molecule has 1 aromatic rings. The lowest BCUT2D eigenvalue weighted by molar-refractivity contribution is 0.100. The van der Waals surface area contributed by atoms with Crippen LogP contribution in [-0.2, 0) is 0 Å². The lowest BCUT2D eigenvalue weighted by Gasteiger charge is -2.22. The normalized spacial score (nSPS) is 15.7. The van der Waals surface area contributed by atoms with E-state index in [0.717, 1.165) is 24.3 Å². The lowest BCUT2D eigenvalue weighted by Crippen LogP contribution is -2.24. The molecule has 0 atom stereocenters. The van der Waals surface area contributed by atoms with Crippen molar-refractivity contribution in [1.82, 2.24) is 0 Å². The molecule has 3 heteroatoms.